The van der Waals surface area contributed by atoms with Crippen molar-refractivity contribution in [3.05, 3.63) is 231 Å². The van der Waals surface area contributed by atoms with E-state index >= 15 is 0 Å². The molecule has 2 atom stereocenters. The van der Waals surface area contributed by atoms with Crippen molar-refractivity contribution in [2.45, 2.75) is 213 Å². The van der Waals surface area contributed by atoms with Crippen LogP contribution in [0.15, 0.2) is 231 Å². The molecule has 0 aliphatic carbocycles. The molecule has 0 spiro atoms. The fourth-order valence-electron chi connectivity index (χ4n) is 8.03. The van der Waals surface area contributed by atoms with Gasteiger partial charge in [-0.3, -0.25) is 14.2 Å². The van der Waals surface area contributed by atoms with Crippen LogP contribution < -0.4 is 4.89 Å². The molecule has 0 aromatic rings. The number of hydrogen-bond donors (Lipinski definition) is 0. The molecule has 90 heavy (non-hydrogen) atoms. The zero-order chi connectivity index (χ0) is 65.5. The van der Waals surface area contributed by atoms with Gasteiger partial charge in [-0.05, 0) is 161 Å². The van der Waals surface area contributed by atoms with Gasteiger partial charge in [-0.2, -0.15) is 0 Å². The first kappa shape index (κ1) is 84.1. The van der Waals surface area contributed by atoms with Gasteiger partial charge in [0.2, 0.25) is 0 Å². The Bertz CT molecular complexity index is 2370. The Balaban J connectivity index is 4.30. The van der Waals surface area contributed by atoms with E-state index in [4.69, 9.17) is 18.5 Å². The average Bonchev–Trinajstić information content (AvgIpc) is 3.58. The van der Waals surface area contributed by atoms with Crippen LogP contribution in [-0.4, -0.2) is 70.0 Å². The van der Waals surface area contributed by atoms with Crippen molar-refractivity contribution in [3.8, 4) is 0 Å². The van der Waals surface area contributed by atoms with Crippen LogP contribution in [0.2, 0.25) is 0 Å². The molecule has 0 fully saturated rings. The van der Waals surface area contributed by atoms with Gasteiger partial charge < -0.3 is 27.9 Å². The Hall–Kier alpha value is -5.93. The minimum absolute atomic E-state index is 0.0572. The number of phosphoric ester groups is 1. The summed E-state index contributed by atoms with van der Waals surface area (Å²) in [7, 11) is 1.09. The van der Waals surface area contributed by atoms with E-state index in [-0.39, 0.29) is 26.1 Å². The highest BCUT2D eigenvalue weighted by atomic mass is 31.2. The molecule has 0 aromatic heterocycles. The lowest BCUT2D eigenvalue weighted by Gasteiger charge is -2.28. The lowest BCUT2D eigenvalue weighted by molar-refractivity contribution is -0.870. The highest BCUT2D eigenvalue weighted by Gasteiger charge is 2.21. The maximum absolute atomic E-state index is 12.8. The third-order valence-electron chi connectivity index (χ3n) is 13.2. The summed E-state index contributed by atoms with van der Waals surface area (Å²) in [5, 5.41) is 0. The van der Waals surface area contributed by atoms with Crippen LogP contribution in [0.4, 0.5) is 0 Å². The molecule has 0 radical (unpaired) electrons. The lowest BCUT2D eigenvalue weighted by atomic mass is 10.1. The molecule has 0 amide bonds. The fraction of sp³-hybridized carbons (Fsp3) is 0.500. The summed E-state index contributed by atoms with van der Waals surface area (Å²) < 4.78 is 34.2. The number of hydrogen-bond acceptors (Lipinski definition) is 8. The van der Waals surface area contributed by atoms with Crippen molar-refractivity contribution in [2.75, 3.05) is 47.5 Å². The second-order valence-corrected chi connectivity index (χ2v) is 24.1. The van der Waals surface area contributed by atoms with E-state index in [2.05, 4.69) is 245 Å². The van der Waals surface area contributed by atoms with Gasteiger partial charge in [0.05, 0.1) is 27.7 Å². The third-order valence-corrected chi connectivity index (χ3v) is 14.1. The number of ether oxygens (including phenoxy) is 2. The normalized spacial score (nSPS) is 14.6. The molecule has 0 rings (SSSR count). The van der Waals surface area contributed by atoms with Gasteiger partial charge in [0.15, 0.2) is 6.10 Å². The third kappa shape index (κ3) is 71.1. The number of carbonyl (C=O) groups excluding carboxylic acids is 2. The predicted molar refractivity (Wildman–Crippen MR) is 387 cm³/mol. The van der Waals surface area contributed by atoms with E-state index in [0.29, 0.717) is 23.9 Å². The summed E-state index contributed by atoms with van der Waals surface area (Å²) in [4.78, 5) is 38.0. The number of carbonyl (C=O) groups is 2. The van der Waals surface area contributed by atoms with Crippen molar-refractivity contribution in [2.24, 2.45) is 0 Å². The fourth-order valence-corrected chi connectivity index (χ4v) is 8.76. The number of quaternary nitrogens is 1. The molecule has 10 heteroatoms. The van der Waals surface area contributed by atoms with E-state index in [1.807, 2.05) is 21.1 Å². The SMILES string of the molecule is CC/C=C\C/C=C\C/C=C\C/C=C\C/C=C\C/C=C\C/C=C\C/C=C\C/C=C\C/C=C\C/C=C\C/C=C\CCCCC(=O)OC(COC(=O)CCCCCCC/C=C\C/C=C\C/C=C\C/C=C\C/C=C\C/C=C\C/C=C\CC)COP(=O)([O-])OCC[N+](C)(C)C. The van der Waals surface area contributed by atoms with Gasteiger partial charge in [-0.1, -0.05) is 264 Å². The van der Waals surface area contributed by atoms with Crippen LogP contribution in [0.5, 0.6) is 0 Å². The van der Waals surface area contributed by atoms with Crippen molar-refractivity contribution in [3.63, 3.8) is 0 Å². The van der Waals surface area contributed by atoms with E-state index in [1.54, 1.807) is 0 Å². The molecule has 0 heterocycles. The monoisotopic (exact) mass is 1260 g/mol. The van der Waals surface area contributed by atoms with E-state index in [0.717, 1.165) is 167 Å². The first-order valence-electron chi connectivity index (χ1n) is 34.1. The van der Waals surface area contributed by atoms with Crippen LogP contribution in [-0.2, 0) is 32.7 Å². The maximum Gasteiger partial charge on any atom is 0.306 e. The highest BCUT2D eigenvalue weighted by molar-refractivity contribution is 7.45. The molecular weight excluding hydrogens is 1130 g/mol. The molecule has 0 saturated carbocycles. The molecule has 500 valence electrons. The number of phosphoric acid groups is 1. The quantitative estimate of drug-likeness (QED) is 0.0195. The van der Waals surface area contributed by atoms with E-state index in [9.17, 15) is 19.0 Å². The van der Waals surface area contributed by atoms with Gasteiger partial charge >= 0.3 is 11.9 Å². The minimum Gasteiger partial charge on any atom is -0.756 e. The molecule has 0 saturated heterocycles. The summed E-state index contributed by atoms with van der Waals surface area (Å²) in [6, 6.07) is 0. The number of likely N-dealkylation sites (N-methyl/N-ethyl adjacent to an activating group) is 1. The number of unbranched alkanes of at least 4 members (excludes halogenated alkanes) is 7. The molecule has 0 aliphatic rings. The second-order valence-electron chi connectivity index (χ2n) is 22.7. The first-order chi connectivity index (χ1) is 44.0. The van der Waals surface area contributed by atoms with Gasteiger partial charge in [0.1, 0.15) is 19.8 Å². The van der Waals surface area contributed by atoms with Crippen LogP contribution in [0.3, 0.4) is 0 Å². The molecule has 0 aliphatic heterocycles. The van der Waals surface area contributed by atoms with Gasteiger partial charge in [-0.15, -0.1) is 0 Å². The van der Waals surface area contributed by atoms with Gasteiger partial charge in [-0.25, -0.2) is 0 Å². The van der Waals surface area contributed by atoms with E-state index < -0.39 is 32.5 Å². The molecule has 0 N–H and O–H groups in total. The number of esters is 2. The Labute approximate surface area is 550 Å². The van der Waals surface area contributed by atoms with Crippen LogP contribution >= 0.6 is 7.82 Å². The van der Waals surface area contributed by atoms with Crippen molar-refractivity contribution in [1.82, 2.24) is 0 Å². The molecule has 0 bridgehead atoms. The van der Waals surface area contributed by atoms with Crippen molar-refractivity contribution < 1.29 is 42.1 Å². The lowest BCUT2D eigenvalue weighted by Crippen LogP contribution is -2.37. The van der Waals surface area contributed by atoms with E-state index in [1.165, 1.54) is 0 Å². The summed E-state index contributed by atoms with van der Waals surface area (Å²) >= 11 is 0. The Morgan fingerprint density at radius 1 is 0.344 bits per heavy atom. The van der Waals surface area contributed by atoms with Crippen LogP contribution in [0.25, 0.3) is 0 Å². The Kier molecular flexibility index (Phi) is 63.0. The standard InChI is InChI=1S/C80H122NO8P/c1-6-8-10-12-14-16-18-20-22-24-26-28-30-32-34-35-36-37-38-39-40-41-42-43-44-45-47-49-51-53-55-57-59-61-63-65-67-69-71-73-80(83)89-78(77-88-90(84,85)87-75-74-81(3,4)5)76-86-79(82)72-70-68-66-64-62-60-58-56-54-52-50-48-46-33-31-29-27-25-23-21-19-17-15-13-11-9-7-2/h8-11,14-17,20-23,26-29,32-34,36-37,39-40,42-43,45-47,50-53,56-59,63,65,78H,6-7,12-13,18-19,24-25,30-31,35,38,41,44,48-49,54-55,60-62,64,66-77H2,1-5H3/b10-8-,11-9-,16-14-,17-15-,22-20-,23-21-,28-26-,29-27-,34-32-,37-36-,40-39-,43-42-,46-33-,47-45-,52-50-,53-51-,58-56-,59-57-,65-63-. The summed E-state index contributed by atoms with van der Waals surface area (Å²) in [6.45, 7) is 3.89. The zero-order valence-corrected chi connectivity index (χ0v) is 57.6. The van der Waals surface area contributed by atoms with Crippen molar-refractivity contribution >= 4 is 19.8 Å². The Morgan fingerprint density at radius 2 is 0.600 bits per heavy atom. The van der Waals surface area contributed by atoms with Crippen LogP contribution in [0.1, 0.15) is 206 Å². The average molecular weight is 1260 g/mol. The van der Waals surface area contributed by atoms with Crippen molar-refractivity contribution in [1.29, 1.82) is 0 Å². The second kappa shape index (κ2) is 67.5. The van der Waals surface area contributed by atoms with Gasteiger partial charge in [0, 0.05) is 12.8 Å². The Morgan fingerprint density at radius 3 is 0.911 bits per heavy atom. The zero-order valence-electron chi connectivity index (χ0n) is 56.7. The predicted octanol–water partition coefficient (Wildman–Crippen LogP) is 22.0. The largest absolute Gasteiger partial charge is 0.756 e. The molecular formula is C80H122NO8P. The summed E-state index contributed by atoms with van der Waals surface area (Å²) in [5.41, 5.74) is 0. The summed E-state index contributed by atoms with van der Waals surface area (Å²) in [6.07, 6.45) is 110. The summed E-state index contributed by atoms with van der Waals surface area (Å²) in [5.74, 6) is -0.929. The molecule has 9 nitrogen and oxygen atoms in total. The number of rotatable bonds is 59. The smallest absolute Gasteiger partial charge is 0.306 e. The number of nitrogens with zero attached hydrogens (tertiary/aromatic N) is 1. The molecule has 0 aromatic carbocycles. The number of allylic oxidation sites excluding steroid dienone is 38. The van der Waals surface area contributed by atoms with Crippen LogP contribution in [0, 0.1) is 0 Å². The maximum atomic E-state index is 12.8. The minimum atomic E-state index is -4.68. The van der Waals surface area contributed by atoms with Gasteiger partial charge in [0.25, 0.3) is 7.82 Å². The first-order valence-corrected chi connectivity index (χ1v) is 35.6. The molecule has 2 unspecified atom stereocenters. The topological polar surface area (TPSA) is 111 Å². The highest BCUT2D eigenvalue weighted by Crippen LogP contribution is 2.38.